The minimum Gasteiger partial charge on any atom is -0.497 e. The Labute approximate surface area is 163 Å². The van der Waals surface area contributed by atoms with E-state index >= 15 is 0 Å². The first-order chi connectivity index (χ1) is 13.0. The van der Waals surface area contributed by atoms with E-state index in [0.717, 1.165) is 43.4 Å². The van der Waals surface area contributed by atoms with Gasteiger partial charge in [0.05, 0.1) is 24.6 Å². The lowest BCUT2D eigenvalue weighted by molar-refractivity contribution is -0.136. The molecule has 0 radical (unpaired) electrons. The summed E-state index contributed by atoms with van der Waals surface area (Å²) in [7, 11) is 1.59. The van der Waals surface area contributed by atoms with Gasteiger partial charge in [-0.2, -0.15) is 0 Å². The average molecular weight is 426 g/mol. The van der Waals surface area contributed by atoms with Gasteiger partial charge in [0.15, 0.2) is 0 Å². The third kappa shape index (κ3) is 2.94. The Bertz CT molecular complexity index is 1200. The Kier molecular flexibility index (Phi) is 4.31. The van der Waals surface area contributed by atoms with Crippen LogP contribution >= 0.6 is 15.9 Å². The first-order valence-electron chi connectivity index (χ1n) is 8.30. The van der Waals surface area contributed by atoms with E-state index < -0.39 is 5.97 Å². The van der Waals surface area contributed by atoms with Crippen LogP contribution < -0.4 is 4.74 Å². The van der Waals surface area contributed by atoms with Gasteiger partial charge in [-0.1, -0.05) is 15.9 Å². The number of nitrogens with zero attached hydrogens (tertiary/aromatic N) is 3. The summed E-state index contributed by atoms with van der Waals surface area (Å²) < 4.78 is 8.26. The number of benzene rings is 2. The summed E-state index contributed by atoms with van der Waals surface area (Å²) in [6, 6.07) is 11.5. The molecule has 0 aliphatic carbocycles. The lowest BCUT2D eigenvalue weighted by Crippen LogP contribution is -2.04. The van der Waals surface area contributed by atoms with E-state index in [0.29, 0.717) is 5.75 Å². The van der Waals surface area contributed by atoms with E-state index in [1.165, 1.54) is 6.33 Å². The maximum absolute atomic E-state index is 11.4. The molecular formula is C20H16BrN3O3. The number of carbonyl (C=O) groups is 1. The second kappa shape index (κ2) is 6.66. The summed E-state index contributed by atoms with van der Waals surface area (Å²) in [4.78, 5) is 20.3. The van der Waals surface area contributed by atoms with E-state index in [1.807, 2.05) is 47.9 Å². The van der Waals surface area contributed by atoms with Crippen molar-refractivity contribution in [1.82, 2.24) is 14.5 Å². The summed E-state index contributed by atoms with van der Waals surface area (Å²) in [5, 5.41) is 11.1. The van der Waals surface area contributed by atoms with Gasteiger partial charge in [0.1, 0.15) is 17.9 Å². The zero-order valence-electron chi connectivity index (χ0n) is 14.7. The maximum atomic E-state index is 11.4. The largest absolute Gasteiger partial charge is 0.497 e. The first-order valence-corrected chi connectivity index (χ1v) is 9.09. The molecule has 0 spiro atoms. The van der Waals surface area contributed by atoms with Gasteiger partial charge in [0.2, 0.25) is 0 Å². The van der Waals surface area contributed by atoms with Crippen molar-refractivity contribution in [1.29, 1.82) is 0 Å². The van der Waals surface area contributed by atoms with E-state index in [-0.39, 0.29) is 6.42 Å². The Morgan fingerprint density at radius 1 is 1.19 bits per heavy atom. The molecule has 0 amide bonds. The lowest BCUT2D eigenvalue weighted by Gasteiger charge is -2.11. The molecule has 0 saturated carbocycles. The predicted octanol–water partition coefficient (Wildman–Crippen LogP) is 4.28. The number of carboxylic acid groups (broad SMARTS) is 1. The molecule has 7 heteroatoms. The Morgan fingerprint density at radius 3 is 2.74 bits per heavy atom. The molecule has 2 aromatic carbocycles. The summed E-state index contributed by atoms with van der Waals surface area (Å²) in [6.45, 7) is 1.91. The van der Waals surface area contributed by atoms with Gasteiger partial charge in [-0.25, -0.2) is 9.97 Å². The van der Waals surface area contributed by atoms with Gasteiger partial charge in [-0.15, -0.1) is 0 Å². The summed E-state index contributed by atoms with van der Waals surface area (Å²) in [6.07, 6.45) is 1.45. The number of halogens is 1. The quantitative estimate of drug-likeness (QED) is 0.527. The molecular weight excluding hydrogens is 410 g/mol. The van der Waals surface area contributed by atoms with Crippen LogP contribution in [-0.4, -0.2) is 32.7 Å². The van der Waals surface area contributed by atoms with Crippen molar-refractivity contribution < 1.29 is 14.6 Å². The van der Waals surface area contributed by atoms with E-state index in [2.05, 4.69) is 25.9 Å². The van der Waals surface area contributed by atoms with Crippen LogP contribution in [0.2, 0.25) is 0 Å². The smallest absolute Gasteiger partial charge is 0.307 e. The highest BCUT2D eigenvalue weighted by Gasteiger charge is 2.20. The van der Waals surface area contributed by atoms with E-state index in [9.17, 15) is 9.90 Å². The zero-order valence-corrected chi connectivity index (χ0v) is 16.3. The number of aliphatic carboxylic acids is 1. The highest BCUT2D eigenvalue weighted by Crippen LogP contribution is 2.34. The molecule has 0 saturated heterocycles. The Morgan fingerprint density at radius 2 is 2.00 bits per heavy atom. The number of hydrogen-bond donors (Lipinski definition) is 1. The molecule has 0 aliphatic rings. The van der Waals surface area contributed by atoms with Crippen LogP contribution in [0, 0.1) is 6.92 Å². The minimum atomic E-state index is -0.878. The molecule has 0 atom stereocenters. The van der Waals surface area contributed by atoms with Crippen LogP contribution in [-0.2, 0) is 11.2 Å². The first kappa shape index (κ1) is 17.5. The molecule has 0 aliphatic heterocycles. The fourth-order valence-corrected chi connectivity index (χ4v) is 3.78. The second-order valence-corrected chi connectivity index (χ2v) is 7.13. The van der Waals surface area contributed by atoms with Crippen molar-refractivity contribution in [2.45, 2.75) is 13.3 Å². The summed E-state index contributed by atoms with van der Waals surface area (Å²) >= 11 is 3.47. The zero-order chi connectivity index (χ0) is 19.1. The van der Waals surface area contributed by atoms with Crippen molar-refractivity contribution in [3.8, 4) is 11.6 Å². The monoisotopic (exact) mass is 425 g/mol. The maximum Gasteiger partial charge on any atom is 0.307 e. The molecule has 4 rings (SSSR count). The van der Waals surface area contributed by atoms with Crippen LogP contribution in [0.1, 0.15) is 11.3 Å². The number of carboxylic acids is 1. The average Bonchev–Trinajstić information content (AvgIpc) is 2.91. The van der Waals surface area contributed by atoms with Gasteiger partial charge >= 0.3 is 5.97 Å². The molecule has 2 heterocycles. The molecule has 0 unspecified atom stereocenters. The van der Waals surface area contributed by atoms with Crippen LogP contribution in [0.15, 0.2) is 47.2 Å². The highest BCUT2D eigenvalue weighted by molar-refractivity contribution is 9.10. The second-order valence-electron chi connectivity index (χ2n) is 6.21. The fourth-order valence-electron chi connectivity index (χ4n) is 3.43. The van der Waals surface area contributed by atoms with E-state index in [1.54, 1.807) is 7.11 Å². The van der Waals surface area contributed by atoms with Crippen molar-refractivity contribution >= 4 is 43.7 Å². The van der Waals surface area contributed by atoms with Crippen molar-refractivity contribution in [2.24, 2.45) is 0 Å². The normalized spacial score (nSPS) is 11.2. The van der Waals surface area contributed by atoms with Crippen LogP contribution in [0.5, 0.6) is 5.75 Å². The van der Waals surface area contributed by atoms with Crippen molar-refractivity contribution in [2.75, 3.05) is 7.11 Å². The molecule has 0 fully saturated rings. The number of aromatic nitrogens is 3. The fraction of sp³-hybridized carbons (Fsp3) is 0.150. The van der Waals surface area contributed by atoms with Gasteiger partial charge in [0.25, 0.3) is 0 Å². The molecule has 2 aromatic heterocycles. The van der Waals surface area contributed by atoms with Gasteiger partial charge in [0, 0.05) is 20.9 Å². The summed E-state index contributed by atoms with van der Waals surface area (Å²) in [5.74, 6) is 0.524. The molecule has 6 nitrogen and oxygen atoms in total. The molecule has 4 aromatic rings. The van der Waals surface area contributed by atoms with Crippen LogP contribution in [0.4, 0.5) is 0 Å². The SMILES string of the molecule is COc1ccc2c(c1)c(CC(=O)O)c(C)n2-c1ncnc2cc(Br)ccc12. The molecule has 0 bridgehead atoms. The number of rotatable bonds is 4. The number of fused-ring (bicyclic) bond motifs is 2. The topological polar surface area (TPSA) is 77.2 Å². The molecule has 1 N–H and O–H groups in total. The summed E-state index contributed by atoms with van der Waals surface area (Å²) in [5.41, 5.74) is 3.28. The third-order valence-electron chi connectivity index (χ3n) is 4.66. The van der Waals surface area contributed by atoms with Crippen molar-refractivity contribution in [3.05, 3.63) is 58.5 Å². The lowest BCUT2D eigenvalue weighted by atomic mass is 10.1. The van der Waals surface area contributed by atoms with Gasteiger partial charge in [-0.3, -0.25) is 9.36 Å². The molecule has 27 heavy (non-hydrogen) atoms. The van der Waals surface area contributed by atoms with Crippen LogP contribution in [0.3, 0.4) is 0 Å². The van der Waals surface area contributed by atoms with Gasteiger partial charge < -0.3 is 9.84 Å². The number of methoxy groups -OCH3 is 1. The minimum absolute atomic E-state index is 0.0724. The van der Waals surface area contributed by atoms with Crippen LogP contribution in [0.25, 0.3) is 27.6 Å². The van der Waals surface area contributed by atoms with E-state index in [4.69, 9.17) is 4.74 Å². The molecule has 136 valence electrons. The number of hydrogen-bond acceptors (Lipinski definition) is 4. The van der Waals surface area contributed by atoms with Gasteiger partial charge in [-0.05, 0) is 48.9 Å². The Balaban J connectivity index is 2.08. The number of ether oxygens (including phenoxy) is 1. The third-order valence-corrected chi connectivity index (χ3v) is 5.15. The Hall–Kier alpha value is -2.93. The highest BCUT2D eigenvalue weighted by atomic mass is 79.9. The predicted molar refractivity (Wildman–Crippen MR) is 107 cm³/mol. The van der Waals surface area contributed by atoms with Crippen molar-refractivity contribution in [3.63, 3.8) is 0 Å². The standard InChI is InChI=1S/C20H16BrN3O3/c1-11-15(9-19(25)26)16-8-13(27-2)4-6-18(16)24(11)20-14-5-3-12(21)7-17(14)22-10-23-20/h3-8,10H,9H2,1-2H3,(H,25,26).